The maximum absolute atomic E-state index is 10.8. The van der Waals surface area contributed by atoms with Crippen LogP contribution in [0.1, 0.15) is 13.8 Å². The summed E-state index contributed by atoms with van der Waals surface area (Å²) in [5, 5.41) is 8.93. The van der Waals surface area contributed by atoms with E-state index in [4.69, 9.17) is 9.84 Å². The van der Waals surface area contributed by atoms with E-state index in [2.05, 4.69) is 0 Å². The van der Waals surface area contributed by atoms with Crippen molar-refractivity contribution in [2.45, 2.75) is 24.0 Å². The Labute approximate surface area is 99.8 Å². The lowest BCUT2D eigenvalue weighted by Gasteiger charge is -2.15. The van der Waals surface area contributed by atoms with Gasteiger partial charge in [0.25, 0.3) is 0 Å². The quantitative estimate of drug-likeness (QED) is 0.804. The van der Waals surface area contributed by atoms with Crippen LogP contribution in [0.25, 0.3) is 0 Å². The number of rotatable bonds is 5. The Morgan fingerprint density at radius 3 is 2.31 bits per heavy atom. The molecule has 16 heavy (non-hydrogen) atoms. The molecule has 0 radical (unpaired) electrons. The molecule has 2 unspecified atom stereocenters. The van der Waals surface area contributed by atoms with Crippen molar-refractivity contribution < 1.29 is 14.6 Å². The Bertz CT molecular complexity index is 348. The molecule has 0 fully saturated rings. The summed E-state index contributed by atoms with van der Waals surface area (Å²) in [6.45, 7) is 3.65. The first kappa shape index (κ1) is 12.9. The van der Waals surface area contributed by atoms with Crippen LogP contribution < -0.4 is 4.74 Å². The first-order chi connectivity index (χ1) is 7.54. The van der Waals surface area contributed by atoms with E-state index in [-0.39, 0.29) is 11.2 Å². The maximum atomic E-state index is 10.8. The fraction of sp³-hybridized carbons (Fsp3) is 0.417. The van der Waals surface area contributed by atoms with Crippen LogP contribution in [0, 0.1) is 5.92 Å². The Balaban J connectivity index is 2.62. The van der Waals surface area contributed by atoms with Crippen LogP contribution in [0.15, 0.2) is 29.2 Å². The number of carbonyl (C=O) groups is 1. The van der Waals surface area contributed by atoms with Crippen molar-refractivity contribution in [1.29, 1.82) is 0 Å². The molecule has 0 amide bonds. The lowest BCUT2D eigenvalue weighted by molar-refractivity contribution is -0.140. The minimum Gasteiger partial charge on any atom is -0.497 e. The number of hydrogen-bond donors (Lipinski definition) is 1. The first-order valence-corrected chi connectivity index (χ1v) is 5.96. The standard InChI is InChI=1S/C12H16O3S/c1-8(12(13)14)9(2)16-11-6-4-10(15-3)5-7-11/h4-9H,1-3H3,(H,13,14). The SMILES string of the molecule is COc1ccc(SC(C)C(C)C(=O)O)cc1. The summed E-state index contributed by atoms with van der Waals surface area (Å²) in [4.78, 5) is 11.9. The van der Waals surface area contributed by atoms with E-state index in [1.165, 1.54) is 0 Å². The maximum Gasteiger partial charge on any atom is 0.307 e. The molecule has 1 aromatic rings. The van der Waals surface area contributed by atoms with E-state index in [1.807, 2.05) is 31.2 Å². The summed E-state index contributed by atoms with van der Waals surface area (Å²) >= 11 is 1.56. The van der Waals surface area contributed by atoms with Crippen molar-refractivity contribution in [3.05, 3.63) is 24.3 Å². The molecule has 1 aromatic carbocycles. The summed E-state index contributed by atoms with van der Waals surface area (Å²) < 4.78 is 5.06. The normalized spacial score (nSPS) is 14.2. The van der Waals surface area contributed by atoms with Crippen LogP contribution in [-0.4, -0.2) is 23.4 Å². The third-order valence-electron chi connectivity index (χ3n) is 2.48. The second kappa shape index (κ2) is 5.80. The Hall–Kier alpha value is -1.16. The van der Waals surface area contributed by atoms with E-state index in [0.717, 1.165) is 10.6 Å². The summed E-state index contributed by atoms with van der Waals surface area (Å²) in [6.07, 6.45) is 0. The number of carboxylic acids is 1. The van der Waals surface area contributed by atoms with Crippen molar-refractivity contribution in [1.82, 2.24) is 0 Å². The average Bonchev–Trinajstić information content (AvgIpc) is 2.28. The summed E-state index contributed by atoms with van der Waals surface area (Å²) in [6, 6.07) is 7.63. The lowest BCUT2D eigenvalue weighted by Crippen LogP contribution is -2.19. The van der Waals surface area contributed by atoms with Gasteiger partial charge in [-0.2, -0.15) is 0 Å². The molecule has 1 N–H and O–H groups in total. The van der Waals surface area contributed by atoms with Gasteiger partial charge in [0.05, 0.1) is 13.0 Å². The summed E-state index contributed by atoms with van der Waals surface area (Å²) in [7, 11) is 1.62. The molecule has 0 aliphatic carbocycles. The van der Waals surface area contributed by atoms with E-state index in [0.29, 0.717) is 0 Å². The van der Waals surface area contributed by atoms with Gasteiger partial charge in [-0.1, -0.05) is 13.8 Å². The number of methoxy groups -OCH3 is 1. The van der Waals surface area contributed by atoms with Gasteiger partial charge in [0.15, 0.2) is 0 Å². The molecule has 0 bridgehead atoms. The Morgan fingerprint density at radius 2 is 1.88 bits per heavy atom. The average molecular weight is 240 g/mol. The van der Waals surface area contributed by atoms with E-state index < -0.39 is 5.97 Å². The van der Waals surface area contributed by atoms with Crippen LogP contribution in [0.3, 0.4) is 0 Å². The molecular formula is C12H16O3S. The van der Waals surface area contributed by atoms with Gasteiger partial charge in [-0.05, 0) is 24.3 Å². The highest BCUT2D eigenvalue weighted by Crippen LogP contribution is 2.29. The summed E-state index contributed by atoms with van der Waals surface area (Å²) in [5.74, 6) is -0.302. The second-order valence-electron chi connectivity index (χ2n) is 3.63. The topological polar surface area (TPSA) is 46.5 Å². The number of carboxylic acid groups (broad SMARTS) is 1. The molecule has 0 saturated heterocycles. The van der Waals surface area contributed by atoms with E-state index in [9.17, 15) is 4.79 Å². The number of hydrogen-bond acceptors (Lipinski definition) is 3. The predicted molar refractivity (Wildman–Crippen MR) is 65.1 cm³/mol. The molecular weight excluding hydrogens is 224 g/mol. The van der Waals surface area contributed by atoms with Gasteiger partial charge in [0, 0.05) is 10.1 Å². The third kappa shape index (κ3) is 3.45. The Kier molecular flexibility index (Phi) is 4.68. The predicted octanol–water partition coefficient (Wildman–Crippen LogP) is 2.90. The van der Waals surface area contributed by atoms with E-state index >= 15 is 0 Å². The third-order valence-corrected chi connectivity index (χ3v) is 3.80. The molecule has 0 heterocycles. The zero-order valence-electron chi connectivity index (χ0n) is 9.64. The van der Waals surface area contributed by atoms with Crippen LogP contribution in [0.5, 0.6) is 5.75 Å². The minimum absolute atomic E-state index is 0.0471. The highest BCUT2D eigenvalue weighted by atomic mass is 32.2. The van der Waals surface area contributed by atoms with Gasteiger partial charge in [-0.3, -0.25) is 4.79 Å². The fourth-order valence-electron chi connectivity index (χ4n) is 1.17. The number of ether oxygens (including phenoxy) is 1. The van der Waals surface area contributed by atoms with Gasteiger partial charge in [0.1, 0.15) is 5.75 Å². The molecule has 0 aliphatic rings. The molecule has 3 nitrogen and oxygen atoms in total. The first-order valence-electron chi connectivity index (χ1n) is 5.08. The van der Waals surface area contributed by atoms with Crippen LogP contribution >= 0.6 is 11.8 Å². The van der Waals surface area contributed by atoms with Crippen LogP contribution in [0.4, 0.5) is 0 Å². The van der Waals surface area contributed by atoms with Gasteiger partial charge >= 0.3 is 5.97 Å². The van der Waals surface area contributed by atoms with Gasteiger partial charge in [-0.15, -0.1) is 11.8 Å². The Morgan fingerprint density at radius 1 is 1.31 bits per heavy atom. The number of aliphatic carboxylic acids is 1. The highest BCUT2D eigenvalue weighted by Gasteiger charge is 2.20. The largest absolute Gasteiger partial charge is 0.497 e. The lowest BCUT2D eigenvalue weighted by atomic mass is 10.1. The van der Waals surface area contributed by atoms with Crippen molar-refractivity contribution in [2.24, 2.45) is 5.92 Å². The van der Waals surface area contributed by atoms with Gasteiger partial charge < -0.3 is 9.84 Å². The molecule has 2 atom stereocenters. The second-order valence-corrected chi connectivity index (χ2v) is 5.08. The fourth-order valence-corrected chi connectivity index (χ4v) is 2.21. The van der Waals surface area contributed by atoms with Crippen molar-refractivity contribution >= 4 is 17.7 Å². The number of thioether (sulfide) groups is 1. The van der Waals surface area contributed by atoms with Gasteiger partial charge in [-0.25, -0.2) is 0 Å². The monoisotopic (exact) mass is 240 g/mol. The molecule has 88 valence electrons. The zero-order valence-corrected chi connectivity index (χ0v) is 10.5. The summed E-state index contributed by atoms with van der Waals surface area (Å²) in [5.41, 5.74) is 0. The molecule has 4 heteroatoms. The highest BCUT2D eigenvalue weighted by molar-refractivity contribution is 8.00. The zero-order chi connectivity index (χ0) is 12.1. The van der Waals surface area contributed by atoms with E-state index in [1.54, 1.807) is 25.8 Å². The number of benzene rings is 1. The molecule has 0 aromatic heterocycles. The minimum atomic E-state index is -0.756. The molecule has 0 saturated carbocycles. The van der Waals surface area contributed by atoms with Crippen molar-refractivity contribution in [2.75, 3.05) is 7.11 Å². The van der Waals surface area contributed by atoms with Crippen LogP contribution in [-0.2, 0) is 4.79 Å². The molecule has 0 aliphatic heterocycles. The van der Waals surface area contributed by atoms with Crippen LogP contribution in [0.2, 0.25) is 0 Å². The van der Waals surface area contributed by atoms with Gasteiger partial charge in [0.2, 0.25) is 0 Å². The molecule has 1 rings (SSSR count). The molecule has 0 spiro atoms. The smallest absolute Gasteiger partial charge is 0.307 e. The van der Waals surface area contributed by atoms with Crippen molar-refractivity contribution in [3.8, 4) is 5.75 Å². The van der Waals surface area contributed by atoms with Crippen molar-refractivity contribution in [3.63, 3.8) is 0 Å².